The normalized spacial score (nSPS) is 18.4. The zero-order valence-corrected chi connectivity index (χ0v) is 14.3. The van der Waals surface area contributed by atoms with Crippen molar-refractivity contribution in [2.75, 3.05) is 13.1 Å². The van der Waals surface area contributed by atoms with Gasteiger partial charge in [-0.3, -0.25) is 9.48 Å². The Morgan fingerprint density at radius 1 is 1.17 bits per heavy atom. The van der Waals surface area contributed by atoms with E-state index in [1.54, 1.807) is 6.20 Å². The summed E-state index contributed by atoms with van der Waals surface area (Å²) in [4.78, 5) is 14.9. The summed E-state index contributed by atoms with van der Waals surface area (Å²) in [6.45, 7) is 5.69. The molecule has 1 aliphatic heterocycles. The monoisotopic (exact) mass is 321 g/mol. The smallest absolute Gasteiger partial charge is 0.272 e. The van der Waals surface area contributed by atoms with Crippen molar-refractivity contribution in [3.8, 4) is 0 Å². The highest BCUT2D eigenvalue weighted by molar-refractivity contribution is 5.92. The van der Waals surface area contributed by atoms with Crippen molar-refractivity contribution in [3.05, 3.63) is 59.4 Å². The van der Waals surface area contributed by atoms with Crippen LogP contribution in [0.25, 0.3) is 6.08 Å². The van der Waals surface area contributed by atoms with Crippen LogP contribution < -0.4 is 0 Å². The van der Waals surface area contributed by atoms with Gasteiger partial charge in [-0.05, 0) is 43.9 Å². The molecule has 0 unspecified atom stereocenters. The minimum atomic E-state index is 0.103. The third kappa shape index (κ3) is 2.29. The first-order valence-electron chi connectivity index (χ1n) is 8.72. The Balaban J connectivity index is 1.52. The molecule has 1 aromatic heterocycles. The molecule has 4 heteroatoms. The summed E-state index contributed by atoms with van der Waals surface area (Å²) in [6.07, 6.45) is 8.28. The van der Waals surface area contributed by atoms with E-state index in [4.69, 9.17) is 0 Å². The maximum absolute atomic E-state index is 12.9. The standard InChI is InChI=1S/C20H23N3O/c1-15(2)23-18(8-12-21-23)19(24)22-13-10-20(11-14-22)9-7-16-5-3-4-6-17(16)20/h3-9,12,15H,10-11,13-14H2,1-2H3. The quantitative estimate of drug-likeness (QED) is 0.846. The molecular weight excluding hydrogens is 298 g/mol. The third-order valence-electron chi connectivity index (χ3n) is 5.40. The Kier molecular flexibility index (Phi) is 3.56. The molecule has 0 N–H and O–H groups in total. The van der Waals surface area contributed by atoms with E-state index in [1.165, 1.54) is 11.1 Å². The van der Waals surface area contributed by atoms with Gasteiger partial charge in [0, 0.05) is 30.7 Å². The molecule has 2 aromatic rings. The van der Waals surface area contributed by atoms with Gasteiger partial charge in [-0.15, -0.1) is 0 Å². The van der Waals surface area contributed by atoms with Crippen LogP contribution in [-0.4, -0.2) is 33.7 Å². The number of carbonyl (C=O) groups is 1. The molecule has 4 rings (SSSR count). The SMILES string of the molecule is CC(C)n1nccc1C(=O)N1CCC2(C=Cc3ccccc32)CC1. The molecule has 0 bridgehead atoms. The number of nitrogens with zero attached hydrogens (tertiary/aromatic N) is 3. The fourth-order valence-corrected chi connectivity index (χ4v) is 4.04. The molecule has 2 heterocycles. The number of rotatable bonds is 2. The van der Waals surface area contributed by atoms with Crippen LogP contribution in [0.5, 0.6) is 0 Å². The minimum Gasteiger partial charge on any atom is -0.337 e. The molecule has 0 saturated carbocycles. The van der Waals surface area contributed by atoms with E-state index in [0.29, 0.717) is 5.69 Å². The second-order valence-corrected chi connectivity index (χ2v) is 7.12. The molecule has 1 saturated heterocycles. The summed E-state index contributed by atoms with van der Waals surface area (Å²) in [6, 6.07) is 10.7. The molecule has 0 atom stereocenters. The van der Waals surface area contributed by atoms with Gasteiger partial charge in [0.05, 0.1) is 0 Å². The van der Waals surface area contributed by atoms with E-state index in [1.807, 2.05) is 15.6 Å². The summed E-state index contributed by atoms with van der Waals surface area (Å²) in [5.74, 6) is 0.103. The van der Waals surface area contributed by atoms with Crippen LogP contribution in [0.1, 0.15) is 54.3 Å². The predicted octanol–water partition coefficient (Wildman–Crippen LogP) is 3.66. The molecule has 0 radical (unpaired) electrons. The number of aromatic nitrogens is 2. The molecule has 4 nitrogen and oxygen atoms in total. The van der Waals surface area contributed by atoms with Crippen LogP contribution in [0.2, 0.25) is 0 Å². The Labute approximate surface area is 142 Å². The van der Waals surface area contributed by atoms with Crippen LogP contribution in [0.15, 0.2) is 42.6 Å². The number of carbonyl (C=O) groups excluding carboxylic acids is 1. The highest BCUT2D eigenvalue weighted by Crippen LogP contribution is 2.43. The van der Waals surface area contributed by atoms with Gasteiger partial charge in [-0.2, -0.15) is 5.10 Å². The number of fused-ring (bicyclic) bond motifs is 2. The summed E-state index contributed by atoms with van der Waals surface area (Å²) in [7, 11) is 0. The topological polar surface area (TPSA) is 38.1 Å². The third-order valence-corrected chi connectivity index (χ3v) is 5.40. The molecule has 124 valence electrons. The predicted molar refractivity (Wildman–Crippen MR) is 94.9 cm³/mol. The highest BCUT2D eigenvalue weighted by atomic mass is 16.2. The molecule has 1 aromatic carbocycles. The van der Waals surface area contributed by atoms with E-state index < -0.39 is 0 Å². The maximum atomic E-state index is 12.9. The van der Waals surface area contributed by atoms with E-state index in [0.717, 1.165) is 25.9 Å². The minimum absolute atomic E-state index is 0.103. The van der Waals surface area contributed by atoms with Gasteiger partial charge in [0.1, 0.15) is 5.69 Å². The largest absolute Gasteiger partial charge is 0.337 e. The number of benzene rings is 1. The lowest BCUT2D eigenvalue weighted by molar-refractivity contribution is 0.0675. The van der Waals surface area contributed by atoms with Gasteiger partial charge in [-0.25, -0.2) is 0 Å². The number of hydrogen-bond acceptors (Lipinski definition) is 2. The summed E-state index contributed by atoms with van der Waals surface area (Å²) in [5.41, 5.74) is 3.56. The second-order valence-electron chi connectivity index (χ2n) is 7.12. The van der Waals surface area contributed by atoms with Gasteiger partial charge < -0.3 is 4.90 Å². The Hall–Kier alpha value is -2.36. The van der Waals surface area contributed by atoms with Crippen LogP contribution in [0.4, 0.5) is 0 Å². The molecule has 1 aliphatic carbocycles. The summed E-state index contributed by atoms with van der Waals surface area (Å²) in [5, 5.41) is 4.29. The Bertz CT molecular complexity index is 795. The zero-order valence-electron chi connectivity index (χ0n) is 14.3. The summed E-state index contributed by atoms with van der Waals surface area (Å²) < 4.78 is 1.82. The molecule has 1 fully saturated rings. The van der Waals surface area contributed by atoms with Gasteiger partial charge in [-0.1, -0.05) is 36.4 Å². The van der Waals surface area contributed by atoms with E-state index in [2.05, 4.69) is 55.4 Å². The molecular formula is C20H23N3O. The number of likely N-dealkylation sites (tertiary alicyclic amines) is 1. The van der Waals surface area contributed by atoms with Gasteiger partial charge in [0.15, 0.2) is 0 Å². The second kappa shape index (κ2) is 5.62. The Morgan fingerprint density at radius 2 is 1.92 bits per heavy atom. The number of hydrogen-bond donors (Lipinski definition) is 0. The lowest BCUT2D eigenvalue weighted by atomic mass is 9.74. The van der Waals surface area contributed by atoms with Crippen LogP contribution in [-0.2, 0) is 5.41 Å². The first-order chi connectivity index (χ1) is 11.6. The van der Waals surface area contributed by atoms with Crippen molar-refractivity contribution in [2.24, 2.45) is 0 Å². The average Bonchev–Trinajstić information content (AvgIpc) is 3.22. The fraction of sp³-hybridized carbons (Fsp3) is 0.400. The fourth-order valence-electron chi connectivity index (χ4n) is 4.04. The van der Waals surface area contributed by atoms with Crippen molar-refractivity contribution < 1.29 is 4.79 Å². The van der Waals surface area contributed by atoms with Crippen LogP contribution in [0, 0.1) is 0 Å². The van der Waals surface area contributed by atoms with Gasteiger partial charge in [0.2, 0.25) is 0 Å². The van der Waals surface area contributed by atoms with Crippen LogP contribution >= 0.6 is 0 Å². The van der Waals surface area contributed by atoms with Crippen molar-refractivity contribution >= 4 is 12.0 Å². The first-order valence-corrected chi connectivity index (χ1v) is 8.72. The van der Waals surface area contributed by atoms with Gasteiger partial charge >= 0.3 is 0 Å². The maximum Gasteiger partial charge on any atom is 0.272 e. The van der Waals surface area contributed by atoms with Crippen molar-refractivity contribution in [2.45, 2.75) is 38.1 Å². The van der Waals surface area contributed by atoms with Crippen LogP contribution in [0.3, 0.4) is 0 Å². The molecule has 1 amide bonds. The number of piperidine rings is 1. The average molecular weight is 321 g/mol. The van der Waals surface area contributed by atoms with E-state index in [9.17, 15) is 4.79 Å². The van der Waals surface area contributed by atoms with Gasteiger partial charge in [0.25, 0.3) is 5.91 Å². The van der Waals surface area contributed by atoms with E-state index in [-0.39, 0.29) is 17.4 Å². The van der Waals surface area contributed by atoms with Crippen molar-refractivity contribution in [3.63, 3.8) is 0 Å². The van der Waals surface area contributed by atoms with Crippen molar-refractivity contribution in [1.29, 1.82) is 0 Å². The molecule has 1 spiro atoms. The Morgan fingerprint density at radius 3 is 2.67 bits per heavy atom. The van der Waals surface area contributed by atoms with Crippen molar-refractivity contribution in [1.82, 2.24) is 14.7 Å². The lowest BCUT2D eigenvalue weighted by Gasteiger charge is -2.39. The summed E-state index contributed by atoms with van der Waals surface area (Å²) >= 11 is 0. The zero-order chi connectivity index (χ0) is 16.7. The number of amides is 1. The van der Waals surface area contributed by atoms with E-state index >= 15 is 0 Å². The number of allylic oxidation sites excluding steroid dienone is 1. The molecule has 2 aliphatic rings. The lowest BCUT2D eigenvalue weighted by Crippen LogP contribution is -2.44. The highest BCUT2D eigenvalue weighted by Gasteiger charge is 2.39. The molecule has 24 heavy (non-hydrogen) atoms. The first kappa shape index (κ1) is 15.2.